The van der Waals surface area contributed by atoms with Crippen LogP contribution in [0.3, 0.4) is 0 Å². The molecule has 1 N–H and O–H groups in total. The molecule has 1 fully saturated rings. The Morgan fingerprint density at radius 1 is 0.824 bits per heavy atom. The van der Waals surface area contributed by atoms with Crippen LogP contribution in [0.4, 0.5) is 5.69 Å². The van der Waals surface area contributed by atoms with E-state index in [1.165, 1.54) is 0 Å². The molecule has 0 aliphatic carbocycles. The molecule has 1 amide bonds. The molecule has 6 nitrogen and oxygen atoms in total. The molecule has 0 saturated carbocycles. The Balaban J connectivity index is 1.13. The zero-order valence-corrected chi connectivity index (χ0v) is 19.0. The van der Waals surface area contributed by atoms with E-state index in [-0.39, 0.29) is 17.6 Å². The molecule has 0 radical (unpaired) electrons. The first-order valence-electron chi connectivity index (χ1n) is 11.8. The van der Waals surface area contributed by atoms with Crippen molar-refractivity contribution in [3.05, 3.63) is 89.5 Å². The van der Waals surface area contributed by atoms with Crippen molar-refractivity contribution in [1.29, 1.82) is 0 Å². The van der Waals surface area contributed by atoms with Gasteiger partial charge in [0.2, 0.25) is 0 Å². The first-order valence-corrected chi connectivity index (χ1v) is 11.8. The lowest BCUT2D eigenvalue weighted by atomic mass is 9.88. The van der Waals surface area contributed by atoms with Crippen LogP contribution in [0.25, 0.3) is 0 Å². The zero-order chi connectivity index (χ0) is 23.3. The molecule has 5 rings (SSSR count). The van der Waals surface area contributed by atoms with Gasteiger partial charge in [0.1, 0.15) is 13.2 Å². The third-order valence-corrected chi connectivity index (χ3v) is 6.44. The maximum atomic E-state index is 13.0. The van der Waals surface area contributed by atoms with E-state index in [0.717, 1.165) is 43.7 Å². The number of carbonyl (C=O) groups is 2. The minimum absolute atomic E-state index is 0.0304. The number of hydrogen-bond donors (Lipinski definition) is 1. The van der Waals surface area contributed by atoms with Gasteiger partial charge in [-0.15, -0.1) is 0 Å². The molecule has 0 atom stereocenters. The van der Waals surface area contributed by atoms with E-state index in [9.17, 15) is 9.59 Å². The topological polar surface area (TPSA) is 67.9 Å². The maximum absolute atomic E-state index is 13.0. The van der Waals surface area contributed by atoms with Gasteiger partial charge in [-0.1, -0.05) is 30.3 Å². The van der Waals surface area contributed by atoms with Crippen LogP contribution in [0, 0.1) is 5.92 Å². The summed E-state index contributed by atoms with van der Waals surface area (Å²) in [6.07, 6.45) is 1.68. The van der Waals surface area contributed by atoms with Gasteiger partial charge in [0, 0.05) is 29.3 Å². The van der Waals surface area contributed by atoms with Crippen LogP contribution in [-0.2, 0) is 6.54 Å². The van der Waals surface area contributed by atoms with E-state index in [2.05, 4.69) is 10.2 Å². The van der Waals surface area contributed by atoms with Crippen molar-refractivity contribution in [2.45, 2.75) is 19.4 Å². The van der Waals surface area contributed by atoms with Crippen molar-refractivity contribution < 1.29 is 19.1 Å². The SMILES string of the molecule is O=C(Nc1ccccc1)c1ccc(CN2CCC(C(=O)c3ccc4c(c3)OCCO4)CC2)cc1. The standard InChI is InChI=1S/C28H28N2O4/c31-27(23-10-11-25-26(18-23)34-17-16-33-25)21-12-14-30(15-13-21)19-20-6-8-22(9-7-20)28(32)29-24-4-2-1-3-5-24/h1-11,18,21H,12-17,19H2,(H,29,32). The van der Waals surface area contributed by atoms with E-state index in [1.54, 1.807) is 0 Å². The average molecular weight is 457 g/mol. The normalized spacial score (nSPS) is 16.1. The minimum Gasteiger partial charge on any atom is -0.486 e. The molecular formula is C28H28N2O4. The highest BCUT2D eigenvalue weighted by Crippen LogP contribution is 2.32. The van der Waals surface area contributed by atoms with E-state index in [4.69, 9.17) is 9.47 Å². The van der Waals surface area contributed by atoms with Gasteiger partial charge in [-0.25, -0.2) is 0 Å². The molecule has 3 aromatic rings. The molecule has 2 aliphatic rings. The average Bonchev–Trinajstić information content (AvgIpc) is 2.89. The van der Waals surface area contributed by atoms with Gasteiger partial charge in [0.15, 0.2) is 17.3 Å². The van der Waals surface area contributed by atoms with E-state index in [1.807, 2.05) is 72.8 Å². The van der Waals surface area contributed by atoms with E-state index >= 15 is 0 Å². The number of para-hydroxylation sites is 1. The highest BCUT2D eigenvalue weighted by Gasteiger charge is 2.27. The summed E-state index contributed by atoms with van der Waals surface area (Å²) in [6.45, 7) is 3.62. The Labute approximate surface area is 199 Å². The number of amides is 1. The number of rotatable bonds is 6. The number of likely N-dealkylation sites (tertiary alicyclic amines) is 1. The lowest BCUT2D eigenvalue weighted by Gasteiger charge is -2.31. The quantitative estimate of drug-likeness (QED) is 0.540. The second-order valence-corrected chi connectivity index (χ2v) is 8.79. The van der Waals surface area contributed by atoms with Crippen molar-refractivity contribution in [2.24, 2.45) is 5.92 Å². The summed E-state index contributed by atoms with van der Waals surface area (Å²) in [5.74, 6) is 1.47. The smallest absolute Gasteiger partial charge is 0.255 e. The Morgan fingerprint density at radius 2 is 1.50 bits per heavy atom. The van der Waals surface area contributed by atoms with Crippen LogP contribution in [0.15, 0.2) is 72.8 Å². The highest BCUT2D eigenvalue weighted by molar-refractivity contribution is 6.04. The maximum Gasteiger partial charge on any atom is 0.255 e. The summed E-state index contributed by atoms with van der Waals surface area (Å²) in [5, 5.41) is 2.91. The largest absolute Gasteiger partial charge is 0.486 e. The van der Waals surface area contributed by atoms with Gasteiger partial charge >= 0.3 is 0 Å². The summed E-state index contributed by atoms with van der Waals surface area (Å²) in [6, 6.07) is 22.7. The molecular weight excluding hydrogens is 428 g/mol. The number of fused-ring (bicyclic) bond motifs is 1. The van der Waals surface area contributed by atoms with Crippen molar-refractivity contribution >= 4 is 17.4 Å². The molecule has 0 bridgehead atoms. The lowest BCUT2D eigenvalue weighted by molar-refractivity contribution is 0.0833. The van der Waals surface area contributed by atoms with Crippen LogP contribution >= 0.6 is 0 Å². The summed E-state index contributed by atoms with van der Waals surface area (Å²) in [5.41, 5.74) is 3.28. The van der Waals surface area contributed by atoms with E-state index in [0.29, 0.717) is 35.8 Å². The van der Waals surface area contributed by atoms with Gasteiger partial charge in [0.25, 0.3) is 5.91 Å². The van der Waals surface area contributed by atoms with Crippen molar-refractivity contribution in [2.75, 3.05) is 31.6 Å². The Bertz CT molecular complexity index is 1150. The van der Waals surface area contributed by atoms with Crippen LogP contribution < -0.4 is 14.8 Å². The monoisotopic (exact) mass is 456 g/mol. The third kappa shape index (κ3) is 5.13. The fraction of sp³-hybridized carbons (Fsp3) is 0.286. The molecule has 2 heterocycles. The summed E-state index contributed by atoms with van der Waals surface area (Å²) < 4.78 is 11.2. The molecule has 2 aliphatic heterocycles. The molecule has 174 valence electrons. The zero-order valence-electron chi connectivity index (χ0n) is 19.0. The molecule has 3 aromatic carbocycles. The van der Waals surface area contributed by atoms with Crippen LogP contribution in [-0.4, -0.2) is 42.9 Å². The number of piperidine rings is 1. The van der Waals surface area contributed by atoms with Gasteiger partial charge < -0.3 is 14.8 Å². The number of nitrogens with zero attached hydrogens (tertiary/aromatic N) is 1. The van der Waals surface area contributed by atoms with E-state index < -0.39 is 0 Å². The number of nitrogens with one attached hydrogen (secondary N) is 1. The first kappa shape index (κ1) is 22.2. The third-order valence-electron chi connectivity index (χ3n) is 6.44. The summed E-state index contributed by atoms with van der Waals surface area (Å²) in [4.78, 5) is 27.8. The van der Waals surface area contributed by atoms with Crippen LogP contribution in [0.2, 0.25) is 0 Å². The Morgan fingerprint density at radius 3 is 2.24 bits per heavy atom. The Kier molecular flexibility index (Phi) is 6.58. The number of benzene rings is 3. The molecule has 34 heavy (non-hydrogen) atoms. The van der Waals surface area contributed by atoms with Crippen LogP contribution in [0.5, 0.6) is 11.5 Å². The predicted molar refractivity (Wildman–Crippen MR) is 131 cm³/mol. The Hall–Kier alpha value is -3.64. The van der Waals surface area contributed by atoms with Crippen molar-refractivity contribution in [1.82, 2.24) is 4.90 Å². The summed E-state index contributed by atoms with van der Waals surface area (Å²) >= 11 is 0. The fourth-order valence-corrected chi connectivity index (χ4v) is 4.53. The van der Waals surface area contributed by atoms with Gasteiger partial charge in [-0.05, 0) is 74.0 Å². The summed E-state index contributed by atoms with van der Waals surface area (Å²) in [7, 11) is 0. The molecule has 0 unspecified atom stereocenters. The molecule has 6 heteroatoms. The predicted octanol–water partition coefficient (Wildman–Crippen LogP) is 4.81. The number of ketones is 1. The van der Waals surface area contributed by atoms with Crippen molar-refractivity contribution in [3.8, 4) is 11.5 Å². The number of anilines is 1. The number of Topliss-reactive ketones (excluding diaryl/α,β-unsaturated/α-hetero) is 1. The number of ether oxygens (including phenoxy) is 2. The second-order valence-electron chi connectivity index (χ2n) is 8.79. The second kappa shape index (κ2) is 10.1. The van der Waals surface area contributed by atoms with Gasteiger partial charge in [0.05, 0.1) is 0 Å². The number of carbonyl (C=O) groups excluding carboxylic acids is 2. The molecule has 0 spiro atoms. The molecule has 0 aromatic heterocycles. The van der Waals surface area contributed by atoms with Gasteiger partial charge in [-0.2, -0.15) is 0 Å². The highest BCUT2D eigenvalue weighted by atomic mass is 16.6. The minimum atomic E-state index is -0.115. The lowest BCUT2D eigenvalue weighted by Crippen LogP contribution is -2.36. The van der Waals surface area contributed by atoms with Crippen molar-refractivity contribution in [3.63, 3.8) is 0 Å². The van der Waals surface area contributed by atoms with Gasteiger partial charge in [-0.3, -0.25) is 14.5 Å². The first-order chi connectivity index (χ1) is 16.7. The van der Waals surface area contributed by atoms with Crippen LogP contribution in [0.1, 0.15) is 39.1 Å². The molecule has 1 saturated heterocycles. The fourth-order valence-electron chi connectivity index (χ4n) is 4.53. The number of hydrogen-bond acceptors (Lipinski definition) is 5.